The number of imide groups is 1. The number of carbonyl (C=O) groups is 2. The predicted octanol–water partition coefficient (Wildman–Crippen LogP) is 4.77. The highest BCUT2D eigenvalue weighted by atomic mass is 35.5. The number of benzene rings is 2. The van der Waals surface area contributed by atoms with E-state index in [-0.39, 0.29) is 23.6 Å². The monoisotopic (exact) mass is 401 g/mol. The normalized spacial score (nSPS) is 14.5. The minimum absolute atomic E-state index is 0.168. The van der Waals surface area contributed by atoms with Gasteiger partial charge in [0.2, 0.25) is 0 Å². The summed E-state index contributed by atoms with van der Waals surface area (Å²) in [7, 11) is 1.57. The van der Waals surface area contributed by atoms with Crippen molar-refractivity contribution in [3.63, 3.8) is 0 Å². The molecule has 2 aromatic rings. The van der Waals surface area contributed by atoms with Gasteiger partial charge in [0.25, 0.3) is 11.8 Å². The first kappa shape index (κ1) is 19.5. The van der Waals surface area contributed by atoms with Crippen LogP contribution in [-0.4, -0.2) is 29.1 Å². The molecule has 2 aromatic carbocycles. The Hall–Kier alpha value is -2.24. The lowest BCUT2D eigenvalue weighted by molar-refractivity contribution is -0.137. The van der Waals surface area contributed by atoms with Crippen LogP contribution in [0.3, 0.4) is 0 Å². The number of halogens is 1. The number of thioether (sulfide) groups is 1. The Kier molecular flexibility index (Phi) is 5.92. The zero-order valence-corrected chi connectivity index (χ0v) is 16.9. The largest absolute Gasteiger partial charge is 0.496 e. The van der Waals surface area contributed by atoms with Crippen molar-refractivity contribution in [3.05, 3.63) is 69.6 Å². The zero-order valence-electron chi connectivity index (χ0n) is 15.4. The lowest BCUT2D eigenvalue weighted by atomic mass is 10.1. The van der Waals surface area contributed by atoms with E-state index in [1.165, 1.54) is 16.7 Å². The van der Waals surface area contributed by atoms with Gasteiger partial charge in [-0.1, -0.05) is 55.8 Å². The standard InChI is InChI=1S/C21H20ClNO3S/c1-13(2)27-19-18(14-8-10-16(22)11-9-14)20(24)23(21(19)25)12-15-6-4-5-7-17(15)26-3/h4-11,13H,12H2,1-3H3. The molecule has 1 aliphatic rings. The van der Waals surface area contributed by atoms with E-state index >= 15 is 0 Å². The fourth-order valence-electron chi connectivity index (χ4n) is 2.92. The second-order valence-electron chi connectivity index (χ2n) is 6.39. The smallest absolute Gasteiger partial charge is 0.268 e. The number of carbonyl (C=O) groups excluding carboxylic acids is 2. The van der Waals surface area contributed by atoms with Gasteiger partial charge in [-0.2, -0.15) is 0 Å². The summed E-state index contributed by atoms with van der Waals surface area (Å²) in [6.45, 7) is 4.16. The van der Waals surface area contributed by atoms with E-state index in [2.05, 4.69) is 0 Å². The molecular formula is C21H20ClNO3S. The van der Waals surface area contributed by atoms with Gasteiger partial charge in [-0.05, 0) is 23.8 Å². The van der Waals surface area contributed by atoms with E-state index in [0.717, 1.165) is 5.56 Å². The van der Waals surface area contributed by atoms with Crippen molar-refractivity contribution in [2.75, 3.05) is 7.11 Å². The molecule has 2 amide bonds. The average Bonchev–Trinajstić information content (AvgIpc) is 2.87. The third kappa shape index (κ3) is 4.04. The van der Waals surface area contributed by atoms with Crippen LogP contribution in [0, 0.1) is 0 Å². The van der Waals surface area contributed by atoms with Gasteiger partial charge in [-0.15, -0.1) is 11.8 Å². The first-order chi connectivity index (χ1) is 12.9. The lowest BCUT2D eigenvalue weighted by Crippen LogP contribution is -2.31. The lowest BCUT2D eigenvalue weighted by Gasteiger charge is -2.17. The maximum atomic E-state index is 13.2. The van der Waals surface area contributed by atoms with E-state index in [0.29, 0.717) is 26.8 Å². The molecule has 0 spiro atoms. The zero-order chi connectivity index (χ0) is 19.6. The van der Waals surface area contributed by atoms with Gasteiger partial charge in [-0.25, -0.2) is 0 Å². The Balaban J connectivity index is 2.00. The van der Waals surface area contributed by atoms with Crippen molar-refractivity contribution >= 4 is 40.8 Å². The van der Waals surface area contributed by atoms with Crippen LogP contribution < -0.4 is 4.74 Å². The van der Waals surface area contributed by atoms with Gasteiger partial charge in [0, 0.05) is 15.8 Å². The van der Waals surface area contributed by atoms with E-state index < -0.39 is 0 Å². The van der Waals surface area contributed by atoms with Gasteiger partial charge < -0.3 is 4.74 Å². The van der Waals surface area contributed by atoms with Crippen LogP contribution in [0.25, 0.3) is 5.57 Å². The van der Waals surface area contributed by atoms with Crippen molar-refractivity contribution in [1.29, 1.82) is 0 Å². The summed E-state index contributed by atoms with van der Waals surface area (Å²) < 4.78 is 5.36. The van der Waals surface area contributed by atoms with Crippen molar-refractivity contribution in [3.8, 4) is 5.75 Å². The molecule has 6 heteroatoms. The van der Waals surface area contributed by atoms with E-state index in [9.17, 15) is 9.59 Å². The van der Waals surface area contributed by atoms with Crippen molar-refractivity contribution in [2.24, 2.45) is 0 Å². The van der Waals surface area contributed by atoms with Gasteiger partial charge >= 0.3 is 0 Å². The summed E-state index contributed by atoms with van der Waals surface area (Å²) in [5, 5.41) is 0.755. The molecule has 140 valence electrons. The van der Waals surface area contributed by atoms with Crippen LogP contribution in [0.1, 0.15) is 25.0 Å². The van der Waals surface area contributed by atoms with E-state index in [1.807, 2.05) is 38.1 Å². The molecule has 1 aliphatic heterocycles. The van der Waals surface area contributed by atoms with Crippen molar-refractivity contribution in [2.45, 2.75) is 25.6 Å². The maximum Gasteiger partial charge on any atom is 0.268 e. The quantitative estimate of drug-likeness (QED) is 0.654. The number of rotatable bonds is 6. The van der Waals surface area contributed by atoms with E-state index in [1.54, 1.807) is 31.4 Å². The SMILES string of the molecule is COc1ccccc1CN1C(=O)C(SC(C)C)=C(c2ccc(Cl)cc2)C1=O. The third-order valence-corrected chi connectivity index (χ3v) is 5.47. The number of para-hydroxylation sites is 1. The van der Waals surface area contributed by atoms with Crippen LogP contribution in [0.15, 0.2) is 53.4 Å². The first-order valence-electron chi connectivity index (χ1n) is 8.57. The molecule has 0 unspecified atom stereocenters. The summed E-state index contributed by atoms with van der Waals surface area (Å²) >= 11 is 7.38. The predicted molar refractivity (Wildman–Crippen MR) is 110 cm³/mol. The molecule has 0 bridgehead atoms. The third-order valence-electron chi connectivity index (χ3n) is 4.13. The molecule has 0 aromatic heterocycles. The maximum absolute atomic E-state index is 13.2. The molecule has 1 heterocycles. The second kappa shape index (κ2) is 8.19. The number of hydrogen-bond acceptors (Lipinski definition) is 4. The van der Waals surface area contributed by atoms with Crippen LogP contribution >= 0.6 is 23.4 Å². The Morgan fingerprint density at radius 2 is 1.70 bits per heavy atom. The van der Waals surface area contributed by atoms with E-state index in [4.69, 9.17) is 16.3 Å². The highest BCUT2D eigenvalue weighted by Gasteiger charge is 2.39. The molecule has 3 rings (SSSR count). The summed E-state index contributed by atoms with van der Waals surface area (Å²) in [6.07, 6.45) is 0. The Morgan fingerprint density at radius 3 is 2.33 bits per heavy atom. The fourth-order valence-corrected chi connectivity index (χ4v) is 4.05. The molecule has 0 saturated heterocycles. The van der Waals surface area contributed by atoms with Crippen molar-refractivity contribution < 1.29 is 14.3 Å². The van der Waals surface area contributed by atoms with Gasteiger partial charge in [0.1, 0.15) is 5.75 Å². The minimum Gasteiger partial charge on any atom is -0.496 e. The number of hydrogen-bond donors (Lipinski definition) is 0. The number of ether oxygens (including phenoxy) is 1. The molecule has 0 fully saturated rings. The van der Waals surface area contributed by atoms with Crippen LogP contribution in [-0.2, 0) is 16.1 Å². The van der Waals surface area contributed by atoms with Crippen LogP contribution in [0.2, 0.25) is 5.02 Å². The summed E-state index contributed by atoms with van der Waals surface area (Å²) in [5.41, 5.74) is 1.92. The molecule has 0 atom stereocenters. The summed E-state index contributed by atoms with van der Waals surface area (Å²) in [5.74, 6) is 0.0852. The topological polar surface area (TPSA) is 46.6 Å². The summed E-state index contributed by atoms with van der Waals surface area (Å²) in [4.78, 5) is 28.0. The number of nitrogens with zero attached hydrogens (tertiary/aromatic N) is 1. The van der Waals surface area contributed by atoms with Crippen LogP contribution in [0.5, 0.6) is 5.75 Å². The Bertz CT molecular complexity index is 906. The molecule has 27 heavy (non-hydrogen) atoms. The minimum atomic E-state index is -0.295. The van der Waals surface area contributed by atoms with Crippen molar-refractivity contribution in [1.82, 2.24) is 4.90 Å². The Morgan fingerprint density at radius 1 is 1.04 bits per heavy atom. The highest BCUT2D eigenvalue weighted by Crippen LogP contribution is 2.39. The van der Waals surface area contributed by atoms with Gasteiger partial charge in [0.15, 0.2) is 0 Å². The van der Waals surface area contributed by atoms with Gasteiger partial charge in [-0.3, -0.25) is 14.5 Å². The van der Waals surface area contributed by atoms with Crippen LogP contribution in [0.4, 0.5) is 0 Å². The highest BCUT2D eigenvalue weighted by molar-refractivity contribution is 8.04. The molecule has 0 N–H and O–H groups in total. The number of methoxy groups -OCH3 is 1. The molecule has 4 nitrogen and oxygen atoms in total. The fraction of sp³-hybridized carbons (Fsp3) is 0.238. The Labute approximate surface area is 168 Å². The van der Waals surface area contributed by atoms with Gasteiger partial charge in [0.05, 0.1) is 24.1 Å². The molecule has 0 aliphatic carbocycles. The number of amides is 2. The summed E-state index contributed by atoms with van der Waals surface area (Å²) in [6, 6.07) is 14.4. The second-order valence-corrected chi connectivity index (χ2v) is 8.41. The molecular weight excluding hydrogens is 382 g/mol. The average molecular weight is 402 g/mol. The molecule has 0 saturated carbocycles. The molecule has 0 radical (unpaired) electrons. The first-order valence-corrected chi connectivity index (χ1v) is 9.83.